The summed E-state index contributed by atoms with van der Waals surface area (Å²) < 4.78 is 1.08. The van der Waals surface area contributed by atoms with E-state index in [4.69, 9.17) is 4.98 Å². The highest BCUT2D eigenvalue weighted by Crippen LogP contribution is 2.31. The number of nitrogens with zero attached hydrogens (tertiary/aromatic N) is 2. The minimum Gasteiger partial charge on any atom is -0.370 e. The second-order valence-corrected chi connectivity index (χ2v) is 6.93. The van der Waals surface area contributed by atoms with Gasteiger partial charge in [-0.25, -0.2) is 9.97 Å². The van der Waals surface area contributed by atoms with Gasteiger partial charge in [-0.1, -0.05) is 30.3 Å². The summed E-state index contributed by atoms with van der Waals surface area (Å²) in [5.41, 5.74) is 2.02. The van der Waals surface area contributed by atoms with Crippen molar-refractivity contribution in [3.05, 3.63) is 52.3 Å². The molecule has 0 atom stereocenters. The molecule has 5 heteroatoms. The Balaban J connectivity index is 2.10. The van der Waals surface area contributed by atoms with Gasteiger partial charge >= 0.3 is 0 Å². The van der Waals surface area contributed by atoms with Crippen LogP contribution in [0.5, 0.6) is 0 Å². The van der Waals surface area contributed by atoms with Crippen LogP contribution in [0, 0.1) is 0 Å². The lowest BCUT2D eigenvalue weighted by Gasteiger charge is -2.08. The fourth-order valence-corrected chi connectivity index (χ4v) is 3.34. The number of rotatable bonds is 4. The van der Waals surface area contributed by atoms with Crippen molar-refractivity contribution in [2.45, 2.75) is 6.92 Å². The van der Waals surface area contributed by atoms with Crippen molar-refractivity contribution in [1.29, 1.82) is 0 Å². The van der Waals surface area contributed by atoms with E-state index in [0.717, 1.165) is 38.1 Å². The molecule has 0 saturated carbocycles. The maximum Gasteiger partial charge on any atom is 0.172 e. The third-order valence-corrected chi connectivity index (χ3v) is 4.57. The van der Waals surface area contributed by atoms with Crippen molar-refractivity contribution in [3.8, 4) is 22.0 Å². The van der Waals surface area contributed by atoms with E-state index in [-0.39, 0.29) is 0 Å². The molecule has 21 heavy (non-hydrogen) atoms. The molecular formula is C16H14BrN3S. The maximum atomic E-state index is 4.71. The molecule has 2 aromatic heterocycles. The zero-order valence-electron chi connectivity index (χ0n) is 11.5. The molecule has 3 nitrogen and oxygen atoms in total. The quantitative estimate of drug-likeness (QED) is 0.706. The van der Waals surface area contributed by atoms with Crippen LogP contribution in [0.1, 0.15) is 6.92 Å². The number of benzene rings is 1. The molecule has 2 heterocycles. The first-order chi connectivity index (χ1) is 10.3. The predicted octanol–water partition coefficient (Wildman–Crippen LogP) is 5.07. The standard InChI is InChI=1S/C16H14BrN3S/c1-2-18-15-10-12(11-6-4-3-5-7-11)19-16(20-15)13-8-9-14(17)21-13/h3-10H,2H2,1H3,(H,18,19,20). The van der Waals surface area contributed by atoms with E-state index < -0.39 is 0 Å². The van der Waals surface area contributed by atoms with E-state index in [2.05, 4.69) is 45.3 Å². The molecular weight excluding hydrogens is 346 g/mol. The van der Waals surface area contributed by atoms with Gasteiger partial charge in [0.25, 0.3) is 0 Å². The van der Waals surface area contributed by atoms with Crippen molar-refractivity contribution < 1.29 is 0 Å². The third kappa shape index (κ3) is 3.31. The first kappa shape index (κ1) is 14.2. The predicted molar refractivity (Wildman–Crippen MR) is 92.6 cm³/mol. The van der Waals surface area contributed by atoms with Gasteiger partial charge in [-0.15, -0.1) is 11.3 Å². The van der Waals surface area contributed by atoms with Crippen LogP contribution in [0.15, 0.2) is 52.3 Å². The molecule has 0 aliphatic carbocycles. The molecule has 0 bridgehead atoms. The Morgan fingerprint density at radius 2 is 1.90 bits per heavy atom. The van der Waals surface area contributed by atoms with Crippen molar-refractivity contribution in [2.75, 3.05) is 11.9 Å². The van der Waals surface area contributed by atoms with E-state index in [9.17, 15) is 0 Å². The highest BCUT2D eigenvalue weighted by atomic mass is 79.9. The first-order valence-corrected chi connectivity index (χ1v) is 8.31. The first-order valence-electron chi connectivity index (χ1n) is 6.70. The Morgan fingerprint density at radius 3 is 2.57 bits per heavy atom. The molecule has 3 rings (SSSR count). The van der Waals surface area contributed by atoms with Crippen LogP contribution in [0.3, 0.4) is 0 Å². The topological polar surface area (TPSA) is 37.8 Å². The second kappa shape index (κ2) is 6.37. The molecule has 3 aromatic rings. The summed E-state index contributed by atoms with van der Waals surface area (Å²) in [6, 6.07) is 16.2. The smallest absolute Gasteiger partial charge is 0.172 e. The Labute approximate surface area is 136 Å². The third-order valence-electron chi connectivity index (χ3n) is 2.95. The summed E-state index contributed by atoms with van der Waals surface area (Å²) in [5.74, 6) is 1.61. The van der Waals surface area contributed by atoms with Crippen molar-refractivity contribution in [1.82, 2.24) is 9.97 Å². The fourth-order valence-electron chi connectivity index (χ4n) is 2.02. The molecule has 0 spiro atoms. The lowest BCUT2D eigenvalue weighted by molar-refractivity contribution is 1.12. The SMILES string of the molecule is CCNc1cc(-c2ccccc2)nc(-c2ccc(Br)s2)n1. The van der Waals surface area contributed by atoms with Gasteiger partial charge in [-0.05, 0) is 35.0 Å². The second-order valence-electron chi connectivity index (χ2n) is 4.46. The van der Waals surface area contributed by atoms with Crippen LogP contribution < -0.4 is 5.32 Å². The van der Waals surface area contributed by atoms with Crippen molar-refractivity contribution >= 4 is 33.1 Å². The minimum absolute atomic E-state index is 0.753. The summed E-state index contributed by atoms with van der Waals surface area (Å²) >= 11 is 5.12. The van der Waals surface area contributed by atoms with E-state index in [1.165, 1.54) is 0 Å². The number of nitrogens with one attached hydrogen (secondary N) is 1. The Bertz CT molecular complexity index is 740. The van der Waals surface area contributed by atoms with Gasteiger partial charge in [0.05, 0.1) is 14.4 Å². The van der Waals surface area contributed by atoms with Crippen LogP contribution in [-0.2, 0) is 0 Å². The summed E-state index contributed by atoms with van der Waals surface area (Å²) in [6.45, 7) is 2.89. The zero-order chi connectivity index (χ0) is 14.7. The van der Waals surface area contributed by atoms with Gasteiger partial charge in [0.1, 0.15) is 5.82 Å². The van der Waals surface area contributed by atoms with Crippen molar-refractivity contribution in [3.63, 3.8) is 0 Å². The summed E-state index contributed by atoms with van der Waals surface area (Å²) in [6.07, 6.45) is 0. The molecule has 0 saturated heterocycles. The van der Waals surface area contributed by atoms with Gasteiger partial charge in [0, 0.05) is 18.2 Å². The lowest BCUT2D eigenvalue weighted by atomic mass is 10.1. The van der Waals surface area contributed by atoms with Crippen LogP contribution in [0.4, 0.5) is 5.82 Å². The Kier molecular flexibility index (Phi) is 4.31. The largest absolute Gasteiger partial charge is 0.370 e. The van der Waals surface area contributed by atoms with Gasteiger partial charge < -0.3 is 5.32 Å². The van der Waals surface area contributed by atoms with Gasteiger partial charge in [-0.2, -0.15) is 0 Å². The van der Waals surface area contributed by atoms with E-state index >= 15 is 0 Å². The van der Waals surface area contributed by atoms with Gasteiger partial charge in [-0.3, -0.25) is 0 Å². The lowest BCUT2D eigenvalue weighted by Crippen LogP contribution is -2.02. The number of hydrogen-bond acceptors (Lipinski definition) is 4. The average molecular weight is 360 g/mol. The number of hydrogen-bond donors (Lipinski definition) is 1. The Morgan fingerprint density at radius 1 is 1.10 bits per heavy atom. The summed E-state index contributed by atoms with van der Waals surface area (Å²) in [4.78, 5) is 10.4. The Hall–Kier alpha value is -1.72. The van der Waals surface area contributed by atoms with Gasteiger partial charge in [0.15, 0.2) is 5.82 Å². The summed E-state index contributed by atoms with van der Waals surface area (Å²) in [5, 5.41) is 3.28. The minimum atomic E-state index is 0.753. The molecule has 1 aromatic carbocycles. The monoisotopic (exact) mass is 359 g/mol. The summed E-state index contributed by atoms with van der Waals surface area (Å²) in [7, 11) is 0. The molecule has 106 valence electrons. The molecule has 0 radical (unpaired) electrons. The highest BCUT2D eigenvalue weighted by Gasteiger charge is 2.10. The number of aromatic nitrogens is 2. The van der Waals surface area contributed by atoms with Crippen LogP contribution in [-0.4, -0.2) is 16.5 Å². The van der Waals surface area contributed by atoms with Crippen LogP contribution >= 0.6 is 27.3 Å². The molecule has 0 unspecified atom stereocenters. The number of anilines is 1. The molecule has 0 aliphatic heterocycles. The highest BCUT2D eigenvalue weighted by molar-refractivity contribution is 9.11. The average Bonchev–Trinajstić information content (AvgIpc) is 2.95. The molecule has 1 N–H and O–H groups in total. The number of halogens is 1. The van der Waals surface area contributed by atoms with Crippen LogP contribution in [0.2, 0.25) is 0 Å². The van der Waals surface area contributed by atoms with Gasteiger partial charge in [0.2, 0.25) is 0 Å². The van der Waals surface area contributed by atoms with Crippen LogP contribution in [0.25, 0.3) is 22.0 Å². The molecule has 0 amide bonds. The molecule has 0 fully saturated rings. The normalized spacial score (nSPS) is 10.6. The zero-order valence-corrected chi connectivity index (χ0v) is 13.9. The maximum absolute atomic E-state index is 4.71. The number of thiophene rings is 1. The fraction of sp³-hybridized carbons (Fsp3) is 0.125. The van der Waals surface area contributed by atoms with E-state index in [0.29, 0.717) is 0 Å². The molecule has 0 aliphatic rings. The van der Waals surface area contributed by atoms with Crippen molar-refractivity contribution in [2.24, 2.45) is 0 Å². The van der Waals surface area contributed by atoms with E-state index in [1.54, 1.807) is 11.3 Å². The van der Waals surface area contributed by atoms with E-state index in [1.807, 2.05) is 36.4 Å².